The van der Waals surface area contributed by atoms with Crippen molar-refractivity contribution >= 4 is 21.8 Å². The van der Waals surface area contributed by atoms with Crippen LogP contribution in [-0.2, 0) is 0 Å². The van der Waals surface area contributed by atoms with Gasteiger partial charge in [-0.2, -0.15) is 0 Å². The smallest absolute Gasteiger partial charge is 0.254 e. The van der Waals surface area contributed by atoms with Gasteiger partial charge < -0.3 is 10.2 Å². The molecule has 20 heavy (non-hydrogen) atoms. The monoisotopic (exact) mass is 340 g/mol. The van der Waals surface area contributed by atoms with Gasteiger partial charge in [0.05, 0.1) is 0 Å². The highest BCUT2D eigenvalue weighted by Crippen LogP contribution is 2.39. The number of hydrogen-bond acceptors (Lipinski definition) is 2. The van der Waals surface area contributed by atoms with Gasteiger partial charge in [0.1, 0.15) is 5.82 Å². The van der Waals surface area contributed by atoms with Crippen LogP contribution < -0.4 is 5.32 Å². The Morgan fingerprint density at radius 1 is 1.25 bits per heavy atom. The van der Waals surface area contributed by atoms with E-state index in [1.807, 2.05) is 4.90 Å². The minimum Gasteiger partial charge on any atom is -0.338 e. The summed E-state index contributed by atoms with van der Waals surface area (Å²) in [5, 5.41) is 3.37. The number of benzene rings is 1. The average molecular weight is 341 g/mol. The normalized spacial score (nSPS) is 21.4. The number of carbonyl (C=O) groups is 1. The molecule has 0 saturated carbocycles. The maximum atomic E-state index is 13.4. The van der Waals surface area contributed by atoms with E-state index in [-0.39, 0.29) is 17.1 Å². The second-order valence-electron chi connectivity index (χ2n) is 5.88. The molecular weight excluding hydrogens is 323 g/mol. The van der Waals surface area contributed by atoms with E-state index < -0.39 is 0 Å². The lowest BCUT2D eigenvalue weighted by molar-refractivity contribution is 0.0761. The van der Waals surface area contributed by atoms with Crippen molar-refractivity contribution in [1.82, 2.24) is 10.2 Å². The van der Waals surface area contributed by atoms with Gasteiger partial charge in [0.2, 0.25) is 0 Å². The van der Waals surface area contributed by atoms with Crippen molar-refractivity contribution in [3.63, 3.8) is 0 Å². The van der Waals surface area contributed by atoms with Crippen LogP contribution in [0.15, 0.2) is 22.7 Å². The first kappa shape index (κ1) is 14.0. The van der Waals surface area contributed by atoms with E-state index in [9.17, 15) is 9.18 Å². The molecule has 0 atom stereocenters. The fourth-order valence-electron chi connectivity index (χ4n) is 3.33. The van der Waals surface area contributed by atoms with Gasteiger partial charge in [-0.3, -0.25) is 4.79 Å². The van der Waals surface area contributed by atoms with Crippen molar-refractivity contribution in [3.8, 4) is 0 Å². The SMILES string of the molecule is O=C(c1cc(F)cc(Br)c1)N1CCC2(CCNCC2)C1. The first-order chi connectivity index (χ1) is 9.58. The Hall–Kier alpha value is -0.940. The highest BCUT2D eigenvalue weighted by atomic mass is 79.9. The predicted octanol–water partition coefficient (Wildman–Crippen LogP) is 2.80. The summed E-state index contributed by atoms with van der Waals surface area (Å²) in [6, 6.07) is 4.38. The number of nitrogens with one attached hydrogen (secondary N) is 1. The minimum absolute atomic E-state index is 0.0550. The molecule has 0 unspecified atom stereocenters. The maximum Gasteiger partial charge on any atom is 0.254 e. The Morgan fingerprint density at radius 3 is 2.70 bits per heavy atom. The molecule has 1 N–H and O–H groups in total. The van der Waals surface area contributed by atoms with Crippen LogP contribution in [0.4, 0.5) is 4.39 Å². The van der Waals surface area contributed by atoms with Gasteiger partial charge in [0.25, 0.3) is 5.91 Å². The summed E-state index contributed by atoms with van der Waals surface area (Å²) in [4.78, 5) is 14.4. The summed E-state index contributed by atoms with van der Waals surface area (Å²) in [7, 11) is 0. The van der Waals surface area contributed by atoms with Gasteiger partial charge >= 0.3 is 0 Å². The molecule has 0 aromatic heterocycles. The van der Waals surface area contributed by atoms with E-state index in [1.165, 1.54) is 12.1 Å². The molecular formula is C15H18BrFN2O. The topological polar surface area (TPSA) is 32.3 Å². The van der Waals surface area contributed by atoms with Crippen LogP contribution in [0.3, 0.4) is 0 Å². The molecule has 2 aliphatic rings. The number of likely N-dealkylation sites (tertiary alicyclic amines) is 1. The molecule has 3 nitrogen and oxygen atoms in total. The van der Waals surface area contributed by atoms with Crippen LogP contribution in [0.2, 0.25) is 0 Å². The van der Waals surface area contributed by atoms with E-state index in [0.717, 1.165) is 45.4 Å². The lowest BCUT2D eigenvalue weighted by Crippen LogP contribution is -2.39. The van der Waals surface area contributed by atoms with Crippen molar-refractivity contribution < 1.29 is 9.18 Å². The van der Waals surface area contributed by atoms with E-state index >= 15 is 0 Å². The van der Waals surface area contributed by atoms with E-state index in [2.05, 4.69) is 21.2 Å². The molecule has 0 aliphatic carbocycles. The molecule has 108 valence electrons. The number of carbonyl (C=O) groups excluding carboxylic acids is 1. The summed E-state index contributed by atoms with van der Waals surface area (Å²) in [6.45, 7) is 3.66. The number of halogens is 2. The van der Waals surface area contributed by atoms with Crippen molar-refractivity contribution in [3.05, 3.63) is 34.1 Å². The molecule has 2 saturated heterocycles. The van der Waals surface area contributed by atoms with Crippen LogP contribution in [-0.4, -0.2) is 37.0 Å². The van der Waals surface area contributed by atoms with Crippen molar-refractivity contribution in [2.24, 2.45) is 5.41 Å². The highest BCUT2D eigenvalue weighted by Gasteiger charge is 2.40. The van der Waals surface area contributed by atoms with Gasteiger partial charge in [0, 0.05) is 23.1 Å². The molecule has 1 aromatic carbocycles. The van der Waals surface area contributed by atoms with Crippen LogP contribution in [0, 0.1) is 11.2 Å². The lowest BCUT2D eigenvalue weighted by Gasteiger charge is -2.33. The first-order valence-electron chi connectivity index (χ1n) is 7.04. The Morgan fingerprint density at radius 2 is 2.00 bits per heavy atom. The molecule has 2 heterocycles. The fraction of sp³-hybridized carbons (Fsp3) is 0.533. The van der Waals surface area contributed by atoms with E-state index in [4.69, 9.17) is 0 Å². The van der Waals surface area contributed by atoms with Gasteiger partial charge in [-0.15, -0.1) is 0 Å². The van der Waals surface area contributed by atoms with Crippen LogP contribution >= 0.6 is 15.9 Å². The van der Waals surface area contributed by atoms with E-state index in [0.29, 0.717) is 10.0 Å². The third-order valence-electron chi connectivity index (χ3n) is 4.50. The minimum atomic E-state index is -0.376. The molecule has 1 amide bonds. The summed E-state index contributed by atoms with van der Waals surface area (Å²) < 4.78 is 14.0. The Labute approximate surface area is 126 Å². The zero-order chi connectivity index (χ0) is 14.2. The number of hydrogen-bond donors (Lipinski definition) is 1. The molecule has 5 heteroatoms. The van der Waals surface area contributed by atoms with Gasteiger partial charge in [0.15, 0.2) is 0 Å². The van der Waals surface area contributed by atoms with Crippen molar-refractivity contribution in [2.75, 3.05) is 26.2 Å². The molecule has 1 aromatic rings. The van der Waals surface area contributed by atoms with Crippen molar-refractivity contribution in [1.29, 1.82) is 0 Å². The third kappa shape index (κ3) is 2.74. The maximum absolute atomic E-state index is 13.4. The summed E-state index contributed by atoms with van der Waals surface area (Å²) >= 11 is 3.24. The van der Waals surface area contributed by atoms with Gasteiger partial charge in [-0.05, 0) is 56.0 Å². The Balaban J connectivity index is 1.75. The molecule has 2 fully saturated rings. The predicted molar refractivity (Wildman–Crippen MR) is 79.2 cm³/mol. The summed E-state index contributed by atoms with van der Waals surface area (Å²) in [5.74, 6) is -0.431. The second-order valence-corrected chi connectivity index (χ2v) is 6.80. The highest BCUT2D eigenvalue weighted by molar-refractivity contribution is 9.10. The van der Waals surface area contributed by atoms with Gasteiger partial charge in [-0.25, -0.2) is 4.39 Å². The molecule has 0 bridgehead atoms. The standard InChI is InChI=1S/C15H18BrFN2O/c16-12-7-11(8-13(17)9-12)14(20)19-6-3-15(10-19)1-4-18-5-2-15/h7-9,18H,1-6,10H2. The Kier molecular flexibility index (Phi) is 3.82. The largest absolute Gasteiger partial charge is 0.338 e. The van der Waals surface area contributed by atoms with E-state index in [1.54, 1.807) is 6.07 Å². The third-order valence-corrected chi connectivity index (χ3v) is 4.96. The zero-order valence-electron chi connectivity index (χ0n) is 11.3. The second kappa shape index (κ2) is 5.45. The Bertz CT molecular complexity index is 508. The van der Waals surface area contributed by atoms with Gasteiger partial charge in [-0.1, -0.05) is 15.9 Å². The number of piperidine rings is 1. The fourth-order valence-corrected chi connectivity index (χ4v) is 3.80. The molecule has 3 rings (SSSR count). The van der Waals surface area contributed by atoms with Crippen LogP contribution in [0.1, 0.15) is 29.6 Å². The molecule has 0 radical (unpaired) electrons. The number of nitrogens with zero attached hydrogens (tertiary/aromatic N) is 1. The van der Waals surface area contributed by atoms with Crippen molar-refractivity contribution in [2.45, 2.75) is 19.3 Å². The number of amides is 1. The quantitative estimate of drug-likeness (QED) is 0.852. The van der Waals surface area contributed by atoms with Crippen LogP contribution in [0.25, 0.3) is 0 Å². The van der Waals surface area contributed by atoms with Crippen LogP contribution in [0.5, 0.6) is 0 Å². The molecule has 1 spiro atoms. The molecule has 2 aliphatic heterocycles. The summed E-state index contributed by atoms with van der Waals surface area (Å²) in [6.07, 6.45) is 3.32. The number of rotatable bonds is 1. The summed E-state index contributed by atoms with van der Waals surface area (Å²) in [5.41, 5.74) is 0.716. The lowest BCUT2D eigenvalue weighted by atomic mass is 9.78. The zero-order valence-corrected chi connectivity index (χ0v) is 12.9. The average Bonchev–Trinajstić information content (AvgIpc) is 2.81. The first-order valence-corrected chi connectivity index (χ1v) is 7.83.